The van der Waals surface area contributed by atoms with Crippen LogP contribution in [0.2, 0.25) is 0 Å². The SMILES string of the molecule is CCCCOC(=O)C1OC1(c1ccccc1)c1ccc(C)cc1. The van der Waals surface area contributed by atoms with Crippen LogP contribution < -0.4 is 0 Å². The van der Waals surface area contributed by atoms with Crippen molar-refractivity contribution in [3.05, 3.63) is 71.3 Å². The summed E-state index contributed by atoms with van der Waals surface area (Å²) < 4.78 is 11.3. The van der Waals surface area contributed by atoms with Crippen LogP contribution in [0.5, 0.6) is 0 Å². The Morgan fingerprint density at radius 3 is 2.39 bits per heavy atom. The molecule has 3 heteroatoms. The lowest BCUT2D eigenvalue weighted by Gasteiger charge is -2.14. The van der Waals surface area contributed by atoms with Crippen LogP contribution in [0.25, 0.3) is 0 Å². The Hall–Kier alpha value is -2.13. The van der Waals surface area contributed by atoms with Gasteiger partial charge in [-0.3, -0.25) is 0 Å². The third-order valence-electron chi connectivity index (χ3n) is 4.26. The Labute approximate surface area is 137 Å². The summed E-state index contributed by atoms with van der Waals surface area (Å²) in [6, 6.07) is 18.0. The largest absolute Gasteiger partial charge is 0.464 e. The lowest BCUT2D eigenvalue weighted by atomic mass is 9.87. The summed E-state index contributed by atoms with van der Waals surface area (Å²) in [6.07, 6.45) is 1.31. The fourth-order valence-corrected chi connectivity index (χ4v) is 2.85. The van der Waals surface area contributed by atoms with Gasteiger partial charge in [-0.2, -0.15) is 0 Å². The maximum Gasteiger partial charge on any atom is 0.339 e. The van der Waals surface area contributed by atoms with Crippen LogP contribution >= 0.6 is 0 Å². The predicted octanol–water partition coefficient (Wildman–Crippen LogP) is 3.98. The molecule has 23 heavy (non-hydrogen) atoms. The molecule has 0 spiro atoms. The fourth-order valence-electron chi connectivity index (χ4n) is 2.85. The normalized spacial score (nSPS) is 22.6. The van der Waals surface area contributed by atoms with Gasteiger partial charge in [0.1, 0.15) is 0 Å². The number of carbonyl (C=O) groups excluding carboxylic acids is 1. The van der Waals surface area contributed by atoms with Crippen LogP contribution in [0.1, 0.15) is 36.5 Å². The van der Waals surface area contributed by atoms with Gasteiger partial charge in [-0.05, 0) is 24.5 Å². The zero-order valence-corrected chi connectivity index (χ0v) is 13.6. The summed E-state index contributed by atoms with van der Waals surface area (Å²) in [4.78, 5) is 12.4. The van der Waals surface area contributed by atoms with Gasteiger partial charge in [0.25, 0.3) is 0 Å². The quantitative estimate of drug-likeness (QED) is 0.460. The molecule has 0 aromatic heterocycles. The minimum atomic E-state index is -0.710. The fraction of sp³-hybridized carbons (Fsp3) is 0.350. The van der Waals surface area contributed by atoms with Crippen LogP contribution in [-0.2, 0) is 19.9 Å². The minimum Gasteiger partial charge on any atom is -0.464 e. The molecule has 1 aliphatic rings. The Balaban J connectivity index is 1.89. The van der Waals surface area contributed by atoms with Gasteiger partial charge in [-0.25, -0.2) is 4.79 Å². The van der Waals surface area contributed by atoms with E-state index in [0.29, 0.717) is 6.61 Å². The average molecular weight is 310 g/mol. The van der Waals surface area contributed by atoms with Crippen molar-refractivity contribution >= 4 is 5.97 Å². The number of epoxide rings is 1. The standard InChI is InChI=1S/C20H22O3/c1-3-4-14-22-19(21)18-20(23-18,16-8-6-5-7-9-16)17-12-10-15(2)11-13-17/h5-13,18H,3-4,14H2,1-2H3. The molecule has 3 nitrogen and oxygen atoms in total. The molecule has 1 heterocycles. The molecule has 1 aliphatic heterocycles. The van der Waals surface area contributed by atoms with E-state index in [2.05, 4.69) is 6.92 Å². The molecule has 0 amide bonds. The van der Waals surface area contributed by atoms with E-state index in [1.807, 2.05) is 61.5 Å². The second kappa shape index (κ2) is 6.55. The molecule has 120 valence electrons. The maximum absolute atomic E-state index is 12.4. The number of unbranched alkanes of at least 4 members (excludes halogenated alkanes) is 1. The van der Waals surface area contributed by atoms with Crippen molar-refractivity contribution in [2.45, 2.75) is 38.4 Å². The Morgan fingerprint density at radius 2 is 1.74 bits per heavy atom. The molecule has 2 aromatic rings. The highest BCUT2D eigenvalue weighted by Gasteiger charge is 2.64. The summed E-state index contributed by atoms with van der Waals surface area (Å²) in [6.45, 7) is 4.57. The molecule has 2 atom stereocenters. The molecule has 3 rings (SSSR count). The number of benzene rings is 2. The van der Waals surface area contributed by atoms with E-state index in [1.165, 1.54) is 5.56 Å². The number of hydrogen-bond acceptors (Lipinski definition) is 3. The van der Waals surface area contributed by atoms with Gasteiger partial charge in [0.2, 0.25) is 0 Å². The third kappa shape index (κ3) is 3.02. The first-order valence-electron chi connectivity index (χ1n) is 8.15. The molecule has 2 unspecified atom stereocenters. The lowest BCUT2D eigenvalue weighted by Crippen LogP contribution is -2.23. The van der Waals surface area contributed by atoms with Gasteiger partial charge in [-0.15, -0.1) is 0 Å². The third-order valence-corrected chi connectivity index (χ3v) is 4.26. The first kappa shape index (κ1) is 15.8. The highest BCUT2D eigenvalue weighted by molar-refractivity contribution is 5.81. The summed E-state index contributed by atoms with van der Waals surface area (Å²) in [5, 5.41) is 0. The van der Waals surface area contributed by atoms with E-state index < -0.39 is 11.7 Å². The maximum atomic E-state index is 12.4. The Kier molecular flexibility index (Phi) is 4.49. The topological polar surface area (TPSA) is 38.8 Å². The summed E-state index contributed by atoms with van der Waals surface area (Å²) >= 11 is 0. The number of aryl methyl sites for hydroxylation is 1. The highest BCUT2D eigenvalue weighted by Crippen LogP contribution is 2.52. The summed E-state index contributed by atoms with van der Waals surface area (Å²) in [5.41, 5.74) is 2.45. The van der Waals surface area contributed by atoms with Gasteiger partial charge < -0.3 is 9.47 Å². The first-order valence-corrected chi connectivity index (χ1v) is 8.15. The van der Waals surface area contributed by atoms with E-state index >= 15 is 0 Å². The van der Waals surface area contributed by atoms with E-state index in [0.717, 1.165) is 24.0 Å². The van der Waals surface area contributed by atoms with Crippen LogP contribution in [0, 0.1) is 6.92 Å². The number of carbonyl (C=O) groups is 1. The second-order valence-electron chi connectivity index (χ2n) is 5.99. The Bertz CT molecular complexity index is 663. The average Bonchev–Trinajstić information content (AvgIpc) is 3.33. The highest BCUT2D eigenvalue weighted by atomic mass is 16.7. The van der Waals surface area contributed by atoms with Crippen molar-refractivity contribution in [1.82, 2.24) is 0 Å². The molecule has 0 aliphatic carbocycles. The molecule has 2 aromatic carbocycles. The van der Waals surface area contributed by atoms with Crippen molar-refractivity contribution in [2.24, 2.45) is 0 Å². The van der Waals surface area contributed by atoms with E-state index in [9.17, 15) is 4.79 Å². The van der Waals surface area contributed by atoms with Crippen molar-refractivity contribution in [3.8, 4) is 0 Å². The second-order valence-corrected chi connectivity index (χ2v) is 5.99. The summed E-state index contributed by atoms with van der Waals surface area (Å²) in [5.74, 6) is -0.275. The monoisotopic (exact) mass is 310 g/mol. The molecule has 1 saturated heterocycles. The van der Waals surface area contributed by atoms with Gasteiger partial charge in [0, 0.05) is 0 Å². The Morgan fingerprint density at radius 1 is 1.09 bits per heavy atom. The van der Waals surface area contributed by atoms with Crippen molar-refractivity contribution in [2.75, 3.05) is 6.61 Å². The van der Waals surface area contributed by atoms with Crippen LogP contribution in [-0.4, -0.2) is 18.7 Å². The van der Waals surface area contributed by atoms with Crippen LogP contribution in [0.15, 0.2) is 54.6 Å². The number of rotatable bonds is 6. The molecule has 0 saturated carbocycles. The van der Waals surface area contributed by atoms with E-state index in [1.54, 1.807) is 0 Å². The molecule has 0 bridgehead atoms. The number of ether oxygens (including phenoxy) is 2. The van der Waals surface area contributed by atoms with Gasteiger partial charge in [0.05, 0.1) is 6.61 Å². The van der Waals surface area contributed by atoms with Crippen molar-refractivity contribution in [3.63, 3.8) is 0 Å². The zero-order valence-electron chi connectivity index (χ0n) is 13.6. The first-order chi connectivity index (χ1) is 11.2. The molecular formula is C20H22O3. The zero-order chi connectivity index (χ0) is 16.3. The minimum absolute atomic E-state index is 0.275. The smallest absolute Gasteiger partial charge is 0.339 e. The van der Waals surface area contributed by atoms with Gasteiger partial charge >= 0.3 is 5.97 Å². The number of esters is 1. The number of hydrogen-bond donors (Lipinski definition) is 0. The van der Waals surface area contributed by atoms with Gasteiger partial charge in [0.15, 0.2) is 11.7 Å². The predicted molar refractivity (Wildman–Crippen MR) is 89.1 cm³/mol. The van der Waals surface area contributed by atoms with Crippen molar-refractivity contribution in [1.29, 1.82) is 0 Å². The van der Waals surface area contributed by atoms with E-state index in [4.69, 9.17) is 9.47 Å². The molecular weight excluding hydrogens is 288 g/mol. The lowest BCUT2D eigenvalue weighted by molar-refractivity contribution is -0.145. The van der Waals surface area contributed by atoms with Crippen LogP contribution in [0.3, 0.4) is 0 Å². The molecule has 1 fully saturated rings. The van der Waals surface area contributed by atoms with Crippen molar-refractivity contribution < 1.29 is 14.3 Å². The van der Waals surface area contributed by atoms with Crippen LogP contribution in [0.4, 0.5) is 0 Å². The van der Waals surface area contributed by atoms with E-state index in [-0.39, 0.29) is 5.97 Å². The van der Waals surface area contributed by atoms with Gasteiger partial charge in [-0.1, -0.05) is 73.5 Å². The summed E-state index contributed by atoms with van der Waals surface area (Å²) in [7, 11) is 0. The molecule has 0 N–H and O–H groups in total. The molecule has 0 radical (unpaired) electrons.